The number of rotatable bonds is 8. The Kier molecular flexibility index (Phi) is 7.99. The van der Waals surface area contributed by atoms with Gasteiger partial charge in [0.05, 0.1) is 24.2 Å². The van der Waals surface area contributed by atoms with E-state index in [2.05, 4.69) is 47.0 Å². The fraction of sp³-hybridized carbons (Fsp3) is 0.235. The molecule has 0 aliphatic heterocycles. The summed E-state index contributed by atoms with van der Waals surface area (Å²) in [7, 11) is 1.62. The first kappa shape index (κ1) is 29.5. The van der Waals surface area contributed by atoms with Gasteiger partial charge in [0.25, 0.3) is 0 Å². The third kappa shape index (κ3) is 6.98. The molecule has 4 N–H and O–H groups in total. The third-order valence-electron chi connectivity index (χ3n) is 7.28. The van der Waals surface area contributed by atoms with E-state index >= 15 is 0 Å². The summed E-state index contributed by atoms with van der Waals surface area (Å²) in [5.41, 5.74) is 1.99. The number of fused-ring (bicyclic) bond motifs is 1. The molecule has 5 aromatic rings. The van der Waals surface area contributed by atoms with Gasteiger partial charge in [0, 0.05) is 40.6 Å². The molecule has 1 fully saturated rings. The van der Waals surface area contributed by atoms with Crippen LogP contribution < -0.4 is 30.7 Å². The summed E-state index contributed by atoms with van der Waals surface area (Å²) < 4.78 is 13.2. The maximum Gasteiger partial charge on any atom is 0.324 e. The van der Waals surface area contributed by atoms with Gasteiger partial charge in [-0.15, -0.1) is 0 Å². The van der Waals surface area contributed by atoms with Crippen molar-refractivity contribution in [2.24, 2.45) is 0 Å². The number of urea groups is 2. The highest BCUT2D eigenvalue weighted by molar-refractivity contribution is 6.07. The maximum atomic E-state index is 13.4. The fourth-order valence-corrected chi connectivity index (χ4v) is 4.73. The van der Waals surface area contributed by atoms with Crippen LogP contribution in [0.2, 0.25) is 0 Å². The Hall–Kier alpha value is -5.58. The minimum atomic E-state index is -0.418. The van der Waals surface area contributed by atoms with E-state index in [1.165, 1.54) is 0 Å². The van der Waals surface area contributed by atoms with Crippen molar-refractivity contribution in [3.63, 3.8) is 0 Å². The Morgan fingerprint density at radius 2 is 1.60 bits per heavy atom. The molecule has 0 saturated heterocycles. The maximum absolute atomic E-state index is 13.4. The molecule has 1 saturated carbocycles. The highest BCUT2D eigenvalue weighted by Crippen LogP contribution is 2.35. The average molecular weight is 606 g/mol. The van der Waals surface area contributed by atoms with E-state index in [9.17, 15) is 9.59 Å². The molecular weight excluding hydrogens is 570 g/mol. The lowest BCUT2D eigenvalue weighted by Crippen LogP contribution is -2.30. The molecule has 11 heteroatoms. The van der Waals surface area contributed by atoms with Gasteiger partial charge in [-0.05, 0) is 55.3 Å². The summed E-state index contributed by atoms with van der Waals surface area (Å²) >= 11 is 0. The molecule has 4 amide bonds. The van der Waals surface area contributed by atoms with E-state index in [-0.39, 0.29) is 17.5 Å². The molecule has 1 aliphatic rings. The Balaban J connectivity index is 1.21. The second-order valence-electron chi connectivity index (χ2n) is 11.9. The lowest BCUT2D eigenvalue weighted by Gasteiger charge is -2.15. The first-order chi connectivity index (χ1) is 21.7. The molecule has 45 heavy (non-hydrogen) atoms. The lowest BCUT2D eigenvalue weighted by atomic mass is 9.92. The topological polar surface area (TPSA) is 131 Å². The zero-order valence-corrected chi connectivity index (χ0v) is 25.5. The Morgan fingerprint density at radius 3 is 2.31 bits per heavy atom. The number of nitrogens with one attached hydrogen (secondary N) is 4. The number of anilines is 3. The van der Waals surface area contributed by atoms with Gasteiger partial charge in [-0.25, -0.2) is 19.3 Å². The molecule has 0 bridgehead atoms. The molecule has 1 aliphatic carbocycles. The Morgan fingerprint density at radius 1 is 0.844 bits per heavy atom. The molecule has 2 heterocycles. The number of carbonyl (C=O) groups is 2. The number of hydrogen-bond acceptors (Lipinski definition) is 6. The van der Waals surface area contributed by atoms with Crippen molar-refractivity contribution in [3.8, 4) is 22.9 Å². The second kappa shape index (κ2) is 12.2. The van der Waals surface area contributed by atoms with Gasteiger partial charge in [0.1, 0.15) is 28.9 Å². The van der Waals surface area contributed by atoms with E-state index in [1.807, 2.05) is 54.6 Å². The molecule has 6 rings (SSSR count). The van der Waals surface area contributed by atoms with Gasteiger partial charge in [0.2, 0.25) is 0 Å². The first-order valence-corrected chi connectivity index (χ1v) is 14.7. The molecular formula is C34H35N7O4. The van der Waals surface area contributed by atoms with Gasteiger partial charge in [-0.1, -0.05) is 45.0 Å². The van der Waals surface area contributed by atoms with Crippen molar-refractivity contribution in [3.05, 3.63) is 90.8 Å². The van der Waals surface area contributed by atoms with Crippen LogP contribution in [0, 0.1) is 0 Å². The third-order valence-corrected chi connectivity index (χ3v) is 7.28. The normalized spacial score (nSPS) is 12.8. The number of amides is 4. The lowest BCUT2D eigenvalue weighted by molar-refractivity contribution is 0.251. The quantitative estimate of drug-likeness (QED) is 0.145. The summed E-state index contributed by atoms with van der Waals surface area (Å²) in [5, 5.41) is 18.0. The predicted octanol–water partition coefficient (Wildman–Crippen LogP) is 7.45. The fourth-order valence-electron chi connectivity index (χ4n) is 4.73. The van der Waals surface area contributed by atoms with Crippen molar-refractivity contribution in [2.75, 3.05) is 23.1 Å². The summed E-state index contributed by atoms with van der Waals surface area (Å²) in [6.45, 7) is 6.22. The van der Waals surface area contributed by atoms with Gasteiger partial charge >= 0.3 is 12.1 Å². The van der Waals surface area contributed by atoms with Crippen LogP contribution in [0.3, 0.4) is 0 Å². The second-order valence-corrected chi connectivity index (χ2v) is 11.9. The van der Waals surface area contributed by atoms with Crippen LogP contribution in [0.15, 0.2) is 85.1 Å². The number of hydrogen-bond donors (Lipinski definition) is 4. The van der Waals surface area contributed by atoms with E-state index < -0.39 is 6.03 Å². The van der Waals surface area contributed by atoms with Crippen molar-refractivity contribution >= 4 is 40.2 Å². The summed E-state index contributed by atoms with van der Waals surface area (Å²) in [5.74, 6) is 2.74. The van der Waals surface area contributed by atoms with E-state index in [4.69, 9.17) is 14.6 Å². The molecule has 230 valence electrons. The van der Waals surface area contributed by atoms with E-state index in [1.54, 1.807) is 42.3 Å². The van der Waals surface area contributed by atoms with Crippen molar-refractivity contribution in [2.45, 2.75) is 45.1 Å². The summed E-state index contributed by atoms with van der Waals surface area (Å²) in [4.78, 5) is 29.8. The summed E-state index contributed by atoms with van der Waals surface area (Å²) in [6.07, 6.45) is 3.57. The SMILES string of the molecule is COc1ccc(-n2nc(C(C)(C)C)cc2NC(=O)Nc2ccc(Oc3ccnc(NC(=O)NC4CC4)c3)c3ccccc23)cc1. The Bertz CT molecular complexity index is 1860. The van der Waals surface area contributed by atoms with Crippen LogP contribution in [0.5, 0.6) is 17.2 Å². The standard InChI is InChI=1S/C34H35N7O4/c1-34(2,3)29-20-31(41(40-29)22-11-13-23(44-4)14-12-22)39-33(43)37-27-15-16-28(26-8-6-5-7-25(26)27)45-24-17-18-35-30(19-24)38-32(42)36-21-9-10-21/h5-8,11-21H,9-10H2,1-4H3,(H2,37,39,43)(H2,35,36,38,42). The molecule has 11 nitrogen and oxygen atoms in total. The number of methoxy groups -OCH3 is 1. The molecule has 0 unspecified atom stereocenters. The average Bonchev–Trinajstić information content (AvgIpc) is 3.73. The highest BCUT2D eigenvalue weighted by atomic mass is 16.5. The summed E-state index contributed by atoms with van der Waals surface area (Å²) in [6, 6.07) is 23.5. The minimum absolute atomic E-state index is 0.231. The highest BCUT2D eigenvalue weighted by Gasteiger charge is 2.24. The van der Waals surface area contributed by atoms with Crippen LogP contribution >= 0.6 is 0 Å². The monoisotopic (exact) mass is 605 g/mol. The first-order valence-electron chi connectivity index (χ1n) is 14.7. The zero-order valence-electron chi connectivity index (χ0n) is 25.5. The number of pyridine rings is 1. The van der Waals surface area contributed by atoms with Gasteiger partial charge in [0.15, 0.2) is 0 Å². The largest absolute Gasteiger partial charge is 0.497 e. The van der Waals surface area contributed by atoms with E-state index in [0.717, 1.165) is 40.7 Å². The van der Waals surface area contributed by atoms with Crippen LogP contribution in [-0.4, -0.2) is 40.0 Å². The van der Waals surface area contributed by atoms with Gasteiger partial charge in [-0.2, -0.15) is 5.10 Å². The van der Waals surface area contributed by atoms with Gasteiger partial charge in [-0.3, -0.25) is 10.6 Å². The molecule has 0 atom stereocenters. The van der Waals surface area contributed by atoms with Gasteiger partial charge < -0.3 is 20.1 Å². The van der Waals surface area contributed by atoms with Crippen molar-refractivity contribution < 1.29 is 19.1 Å². The number of benzene rings is 3. The zero-order chi connectivity index (χ0) is 31.6. The minimum Gasteiger partial charge on any atom is -0.497 e. The molecule has 2 aromatic heterocycles. The molecule has 0 radical (unpaired) electrons. The molecule has 3 aromatic carbocycles. The predicted molar refractivity (Wildman–Crippen MR) is 175 cm³/mol. The van der Waals surface area contributed by atoms with Crippen LogP contribution in [-0.2, 0) is 5.41 Å². The van der Waals surface area contributed by atoms with Crippen LogP contribution in [0.1, 0.15) is 39.3 Å². The van der Waals surface area contributed by atoms with Crippen molar-refractivity contribution in [1.29, 1.82) is 0 Å². The van der Waals surface area contributed by atoms with Crippen molar-refractivity contribution in [1.82, 2.24) is 20.1 Å². The van der Waals surface area contributed by atoms with Crippen LogP contribution in [0.25, 0.3) is 16.5 Å². The molecule has 0 spiro atoms. The van der Waals surface area contributed by atoms with Crippen LogP contribution in [0.4, 0.5) is 26.9 Å². The Labute approximate surface area is 261 Å². The number of carbonyl (C=O) groups excluding carboxylic acids is 2. The van der Waals surface area contributed by atoms with E-state index in [0.29, 0.717) is 28.8 Å². The smallest absolute Gasteiger partial charge is 0.324 e. The number of nitrogens with zero attached hydrogens (tertiary/aromatic N) is 3. The number of aromatic nitrogens is 3. The number of ether oxygens (including phenoxy) is 2.